The molecule has 1 aliphatic rings. The number of hydrogen-bond acceptors (Lipinski definition) is 3. The third kappa shape index (κ3) is 3.34. The Hall–Kier alpha value is -0.620. The van der Waals surface area contributed by atoms with E-state index in [9.17, 15) is 13.2 Å². The van der Waals surface area contributed by atoms with Gasteiger partial charge in [-0.1, -0.05) is 23.2 Å². The minimum Gasteiger partial charge on any atom is -0.300 e. The summed E-state index contributed by atoms with van der Waals surface area (Å²) in [5.41, 5.74) is 0. The van der Waals surface area contributed by atoms with E-state index in [2.05, 4.69) is 0 Å². The van der Waals surface area contributed by atoms with E-state index >= 15 is 0 Å². The van der Waals surface area contributed by atoms with Crippen LogP contribution in [0.25, 0.3) is 0 Å². The van der Waals surface area contributed by atoms with Crippen molar-refractivity contribution < 1.29 is 13.2 Å². The molecular weight excluding hydrogens is 321 g/mol. The zero-order chi connectivity index (χ0) is 14.9. The average molecular weight is 336 g/mol. The van der Waals surface area contributed by atoms with Gasteiger partial charge in [-0.15, -0.1) is 0 Å². The molecule has 1 unspecified atom stereocenters. The lowest BCUT2D eigenvalue weighted by molar-refractivity contribution is -0.117. The molecule has 7 heteroatoms. The molecule has 1 aromatic rings. The van der Waals surface area contributed by atoms with Gasteiger partial charge < -0.3 is 0 Å². The molecule has 2 rings (SSSR count). The number of halogens is 2. The Bertz CT molecular complexity index is 610. The number of nitrogens with zero attached hydrogens (tertiary/aromatic N) is 1. The van der Waals surface area contributed by atoms with Gasteiger partial charge in [0.15, 0.2) is 0 Å². The zero-order valence-corrected chi connectivity index (χ0v) is 13.3. The van der Waals surface area contributed by atoms with E-state index in [1.807, 2.05) is 0 Å². The fraction of sp³-hybridized carbons (Fsp3) is 0.462. The lowest BCUT2D eigenvalue weighted by Crippen LogP contribution is -2.36. The second-order valence-corrected chi connectivity index (χ2v) is 7.69. The van der Waals surface area contributed by atoms with Crippen LogP contribution in [0.1, 0.15) is 26.2 Å². The first kappa shape index (κ1) is 15.8. The lowest BCUT2D eigenvalue weighted by Gasteiger charge is -2.23. The van der Waals surface area contributed by atoms with E-state index in [-0.39, 0.29) is 33.2 Å². The van der Waals surface area contributed by atoms with Crippen molar-refractivity contribution >= 4 is 39.0 Å². The van der Waals surface area contributed by atoms with Crippen LogP contribution in [0.2, 0.25) is 10.0 Å². The summed E-state index contributed by atoms with van der Waals surface area (Å²) in [7, 11) is -3.67. The van der Waals surface area contributed by atoms with E-state index in [4.69, 9.17) is 23.2 Å². The van der Waals surface area contributed by atoms with Gasteiger partial charge in [-0.2, -0.15) is 4.31 Å². The number of sulfonamides is 1. The third-order valence-corrected chi connectivity index (χ3v) is 5.65. The first-order valence-corrected chi connectivity index (χ1v) is 8.47. The summed E-state index contributed by atoms with van der Waals surface area (Å²) in [4.78, 5) is 11.3. The van der Waals surface area contributed by atoms with Crippen LogP contribution in [0.3, 0.4) is 0 Å². The highest BCUT2D eigenvalue weighted by Crippen LogP contribution is 2.30. The molecule has 0 radical (unpaired) electrons. The number of ketones is 1. The van der Waals surface area contributed by atoms with E-state index in [1.165, 1.54) is 29.4 Å². The quantitative estimate of drug-likeness (QED) is 0.849. The zero-order valence-electron chi connectivity index (χ0n) is 11.0. The Morgan fingerprint density at radius 3 is 2.45 bits per heavy atom. The van der Waals surface area contributed by atoms with Crippen molar-refractivity contribution in [2.24, 2.45) is 0 Å². The van der Waals surface area contributed by atoms with Crippen LogP contribution in [0.15, 0.2) is 23.1 Å². The Morgan fingerprint density at radius 2 is 1.90 bits per heavy atom. The molecule has 1 aliphatic heterocycles. The highest BCUT2D eigenvalue weighted by molar-refractivity contribution is 7.89. The number of rotatable bonds is 4. The number of carbonyl (C=O) groups is 1. The van der Waals surface area contributed by atoms with Gasteiger partial charge in [0.2, 0.25) is 10.0 Å². The van der Waals surface area contributed by atoms with Crippen molar-refractivity contribution in [3.63, 3.8) is 0 Å². The number of carbonyl (C=O) groups excluding carboxylic acids is 1. The molecular formula is C13H15Cl2NO3S. The van der Waals surface area contributed by atoms with E-state index in [0.717, 1.165) is 6.42 Å². The third-order valence-electron chi connectivity index (χ3n) is 3.29. The molecule has 0 bridgehead atoms. The molecule has 1 atom stereocenters. The molecule has 1 saturated heterocycles. The SMILES string of the molecule is CC(=O)CC1CCCN1S(=O)(=O)c1cc(Cl)cc(Cl)c1. The molecule has 0 aromatic heterocycles. The van der Waals surface area contributed by atoms with Crippen LogP contribution in [-0.2, 0) is 14.8 Å². The normalized spacial score (nSPS) is 20.2. The van der Waals surface area contributed by atoms with Crippen molar-refractivity contribution in [3.8, 4) is 0 Å². The molecule has 110 valence electrons. The van der Waals surface area contributed by atoms with Crippen molar-refractivity contribution in [2.75, 3.05) is 6.54 Å². The summed E-state index contributed by atoms with van der Waals surface area (Å²) in [5.74, 6) is -0.0128. The van der Waals surface area contributed by atoms with Gasteiger partial charge in [-0.25, -0.2) is 8.42 Å². The minimum absolute atomic E-state index is 0.0128. The highest BCUT2D eigenvalue weighted by Gasteiger charge is 2.35. The summed E-state index contributed by atoms with van der Waals surface area (Å²) in [6.45, 7) is 1.89. The number of benzene rings is 1. The topological polar surface area (TPSA) is 54.5 Å². The molecule has 0 amide bonds. The number of Topliss-reactive ketones (excluding diaryl/α,β-unsaturated/α-hetero) is 1. The van der Waals surface area contributed by atoms with Crippen LogP contribution >= 0.6 is 23.2 Å². The van der Waals surface area contributed by atoms with E-state index in [1.54, 1.807) is 0 Å². The summed E-state index contributed by atoms with van der Waals surface area (Å²) < 4.78 is 26.6. The minimum atomic E-state index is -3.67. The second kappa shape index (κ2) is 6.02. The summed E-state index contributed by atoms with van der Waals surface area (Å²) in [6.07, 6.45) is 1.70. The van der Waals surface area contributed by atoms with Crippen LogP contribution in [0.4, 0.5) is 0 Å². The van der Waals surface area contributed by atoms with Gasteiger partial charge in [0.1, 0.15) is 5.78 Å². The van der Waals surface area contributed by atoms with Crippen LogP contribution in [0.5, 0.6) is 0 Å². The smallest absolute Gasteiger partial charge is 0.243 e. The molecule has 0 spiro atoms. The maximum Gasteiger partial charge on any atom is 0.243 e. The maximum absolute atomic E-state index is 12.6. The highest BCUT2D eigenvalue weighted by atomic mass is 35.5. The Kier molecular flexibility index (Phi) is 4.74. The Balaban J connectivity index is 2.36. The lowest BCUT2D eigenvalue weighted by atomic mass is 10.1. The monoisotopic (exact) mass is 335 g/mol. The van der Waals surface area contributed by atoms with Gasteiger partial charge in [-0.3, -0.25) is 4.79 Å². The second-order valence-electron chi connectivity index (χ2n) is 4.92. The fourth-order valence-electron chi connectivity index (χ4n) is 2.47. The molecule has 1 heterocycles. The molecule has 0 aliphatic carbocycles. The Morgan fingerprint density at radius 1 is 1.30 bits per heavy atom. The molecule has 1 fully saturated rings. The largest absolute Gasteiger partial charge is 0.300 e. The van der Waals surface area contributed by atoms with Crippen molar-refractivity contribution in [1.29, 1.82) is 0 Å². The maximum atomic E-state index is 12.6. The van der Waals surface area contributed by atoms with Crippen molar-refractivity contribution in [2.45, 2.75) is 37.1 Å². The first-order chi connectivity index (χ1) is 9.30. The summed E-state index contributed by atoms with van der Waals surface area (Å²) in [5, 5.41) is 0.553. The van der Waals surface area contributed by atoms with E-state index in [0.29, 0.717) is 13.0 Å². The molecule has 20 heavy (non-hydrogen) atoms. The van der Waals surface area contributed by atoms with Gasteiger partial charge in [-0.05, 0) is 38.0 Å². The van der Waals surface area contributed by atoms with Gasteiger partial charge >= 0.3 is 0 Å². The van der Waals surface area contributed by atoms with Gasteiger partial charge in [0.05, 0.1) is 4.90 Å². The van der Waals surface area contributed by atoms with E-state index < -0.39 is 10.0 Å². The van der Waals surface area contributed by atoms with Gasteiger partial charge in [0.25, 0.3) is 0 Å². The molecule has 1 aromatic carbocycles. The van der Waals surface area contributed by atoms with Crippen LogP contribution in [0, 0.1) is 0 Å². The standard InChI is InChI=1S/C13H15Cl2NO3S/c1-9(17)5-12-3-2-4-16(12)20(18,19)13-7-10(14)6-11(15)8-13/h6-8,12H,2-5H2,1H3. The van der Waals surface area contributed by atoms with Gasteiger partial charge in [0, 0.05) is 29.1 Å². The Labute approximate surface area is 128 Å². The first-order valence-electron chi connectivity index (χ1n) is 6.28. The molecule has 0 saturated carbocycles. The van der Waals surface area contributed by atoms with Crippen molar-refractivity contribution in [3.05, 3.63) is 28.2 Å². The number of hydrogen-bond donors (Lipinski definition) is 0. The predicted octanol–water partition coefficient (Wildman–Crippen LogP) is 3.13. The van der Waals surface area contributed by atoms with Crippen molar-refractivity contribution in [1.82, 2.24) is 4.31 Å². The summed E-state index contributed by atoms with van der Waals surface area (Å²) >= 11 is 11.7. The van der Waals surface area contributed by atoms with Crippen LogP contribution < -0.4 is 0 Å². The summed E-state index contributed by atoms with van der Waals surface area (Å²) in [6, 6.07) is 3.98. The fourth-order valence-corrected chi connectivity index (χ4v) is 4.89. The van der Waals surface area contributed by atoms with Crippen LogP contribution in [-0.4, -0.2) is 31.1 Å². The molecule has 4 nitrogen and oxygen atoms in total. The predicted molar refractivity (Wildman–Crippen MR) is 78.7 cm³/mol. The molecule has 0 N–H and O–H groups in total. The average Bonchev–Trinajstić information content (AvgIpc) is 2.75.